The van der Waals surface area contributed by atoms with Gasteiger partial charge in [-0.15, -0.1) is 11.3 Å². The van der Waals surface area contributed by atoms with Gasteiger partial charge in [0.05, 0.1) is 23.9 Å². The fourth-order valence-electron chi connectivity index (χ4n) is 1.69. The molecule has 1 aromatic heterocycles. The van der Waals surface area contributed by atoms with Crippen molar-refractivity contribution in [2.75, 3.05) is 7.11 Å². The van der Waals surface area contributed by atoms with Crippen LogP contribution in [-0.4, -0.2) is 12.1 Å². The van der Waals surface area contributed by atoms with Gasteiger partial charge in [0.2, 0.25) is 0 Å². The zero-order valence-electron chi connectivity index (χ0n) is 9.81. The van der Waals surface area contributed by atoms with Crippen LogP contribution in [0.5, 0.6) is 5.75 Å². The van der Waals surface area contributed by atoms with Crippen LogP contribution >= 0.6 is 11.3 Å². The molecule has 0 aliphatic rings. The van der Waals surface area contributed by atoms with Crippen molar-refractivity contribution in [3.05, 3.63) is 45.9 Å². The third kappa shape index (κ3) is 2.63. The minimum Gasteiger partial charge on any atom is -0.497 e. The van der Waals surface area contributed by atoms with Gasteiger partial charge in [0.1, 0.15) is 5.75 Å². The van der Waals surface area contributed by atoms with E-state index in [2.05, 4.69) is 10.4 Å². The van der Waals surface area contributed by atoms with E-state index in [4.69, 9.17) is 10.6 Å². The van der Waals surface area contributed by atoms with Gasteiger partial charge >= 0.3 is 0 Å². The molecule has 0 radical (unpaired) electrons. The molecule has 4 nitrogen and oxygen atoms in total. The predicted molar refractivity (Wildman–Crippen MR) is 69.0 cm³/mol. The second-order valence-corrected chi connectivity index (χ2v) is 4.73. The molecule has 0 bridgehead atoms. The van der Waals surface area contributed by atoms with Gasteiger partial charge < -0.3 is 4.74 Å². The number of hydrazine groups is 1. The highest BCUT2D eigenvalue weighted by atomic mass is 32.1. The first kappa shape index (κ1) is 12.0. The maximum atomic E-state index is 5.61. The second kappa shape index (κ2) is 5.27. The van der Waals surface area contributed by atoms with Crippen LogP contribution in [0.25, 0.3) is 0 Å². The van der Waals surface area contributed by atoms with Crippen molar-refractivity contribution >= 4 is 11.3 Å². The molecule has 90 valence electrons. The highest BCUT2D eigenvalue weighted by Crippen LogP contribution is 2.25. The predicted octanol–water partition coefficient (Wildman–Crippen LogP) is 2.01. The number of aromatic nitrogens is 1. The first-order chi connectivity index (χ1) is 8.24. The van der Waals surface area contributed by atoms with Crippen LogP contribution in [0, 0.1) is 6.92 Å². The maximum Gasteiger partial charge on any atom is 0.119 e. The lowest BCUT2D eigenvalue weighted by Gasteiger charge is -2.14. The number of hydrogen-bond donors (Lipinski definition) is 2. The van der Waals surface area contributed by atoms with Crippen molar-refractivity contribution in [2.24, 2.45) is 5.84 Å². The Morgan fingerprint density at radius 3 is 2.88 bits per heavy atom. The van der Waals surface area contributed by atoms with Gasteiger partial charge in [0.15, 0.2) is 0 Å². The van der Waals surface area contributed by atoms with E-state index in [1.165, 1.54) is 0 Å². The number of rotatable bonds is 4. The fraction of sp³-hybridized carbons (Fsp3) is 0.250. The number of hydrogen-bond acceptors (Lipinski definition) is 5. The SMILES string of the molecule is COc1cccc(C(NN)c2csc(C)n2)c1. The fourth-order valence-corrected chi connectivity index (χ4v) is 2.32. The van der Waals surface area contributed by atoms with Crippen molar-refractivity contribution in [1.29, 1.82) is 0 Å². The maximum absolute atomic E-state index is 5.61. The molecule has 0 spiro atoms. The minimum absolute atomic E-state index is 0.102. The average Bonchev–Trinajstić information content (AvgIpc) is 2.77. The third-order valence-corrected chi connectivity index (χ3v) is 3.32. The molecule has 1 unspecified atom stereocenters. The molecule has 0 fully saturated rings. The molecule has 0 saturated carbocycles. The molecule has 0 aliphatic heterocycles. The van der Waals surface area contributed by atoms with Crippen molar-refractivity contribution < 1.29 is 4.74 Å². The molecule has 17 heavy (non-hydrogen) atoms. The molecule has 1 heterocycles. The average molecular weight is 249 g/mol. The van der Waals surface area contributed by atoms with Crippen LogP contribution in [0.4, 0.5) is 0 Å². The lowest BCUT2D eigenvalue weighted by atomic mass is 10.1. The van der Waals surface area contributed by atoms with Crippen LogP contribution in [0.15, 0.2) is 29.6 Å². The summed E-state index contributed by atoms with van der Waals surface area (Å²) < 4.78 is 5.20. The van der Waals surface area contributed by atoms with Crippen molar-refractivity contribution in [2.45, 2.75) is 13.0 Å². The number of ether oxygens (including phenoxy) is 1. The Hall–Kier alpha value is -1.43. The molecule has 2 rings (SSSR count). The normalized spacial score (nSPS) is 12.4. The van der Waals surface area contributed by atoms with Crippen molar-refractivity contribution in [3.63, 3.8) is 0 Å². The van der Waals surface area contributed by atoms with Gasteiger partial charge in [-0.2, -0.15) is 0 Å². The van der Waals surface area contributed by atoms with E-state index in [9.17, 15) is 0 Å². The number of nitrogens with zero attached hydrogens (tertiary/aromatic N) is 1. The standard InChI is InChI=1S/C12H15N3OS/c1-8-14-11(7-17-8)12(15-13)9-4-3-5-10(6-9)16-2/h3-7,12,15H,13H2,1-2H3. The van der Waals surface area contributed by atoms with Crippen molar-refractivity contribution in [1.82, 2.24) is 10.4 Å². The molecule has 0 saturated heterocycles. The van der Waals surface area contributed by atoms with Gasteiger partial charge in [0.25, 0.3) is 0 Å². The summed E-state index contributed by atoms with van der Waals surface area (Å²) in [6, 6.07) is 7.71. The summed E-state index contributed by atoms with van der Waals surface area (Å²) in [5.41, 5.74) is 4.76. The highest BCUT2D eigenvalue weighted by Gasteiger charge is 2.15. The Morgan fingerprint density at radius 2 is 2.29 bits per heavy atom. The van der Waals surface area contributed by atoms with Gasteiger partial charge in [-0.3, -0.25) is 5.84 Å². The molecule has 0 aliphatic carbocycles. The summed E-state index contributed by atoms with van der Waals surface area (Å²) in [6.07, 6.45) is 0. The smallest absolute Gasteiger partial charge is 0.119 e. The number of aryl methyl sites for hydroxylation is 1. The number of benzene rings is 1. The molecular formula is C12H15N3OS. The van der Waals surface area contributed by atoms with Crippen molar-refractivity contribution in [3.8, 4) is 5.75 Å². The van der Waals surface area contributed by atoms with Crippen LogP contribution in [0.3, 0.4) is 0 Å². The van der Waals surface area contributed by atoms with E-state index in [0.717, 1.165) is 22.0 Å². The highest BCUT2D eigenvalue weighted by molar-refractivity contribution is 7.09. The third-order valence-electron chi connectivity index (χ3n) is 2.53. The lowest BCUT2D eigenvalue weighted by Crippen LogP contribution is -2.29. The summed E-state index contributed by atoms with van der Waals surface area (Å²) >= 11 is 1.61. The van der Waals surface area contributed by atoms with Crippen LogP contribution in [0.2, 0.25) is 0 Å². The number of nitrogens with two attached hydrogens (primary N) is 1. The largest absolute Gasteiger partial charge is 0.497 e. The first-order valence-electron chi connectivity index (χ1n) is 5.26. The Kier molecular flexibility index (Phi) is 3.73. The Morgan fingerprint density at radius 1 is 1.47 bits per heavy atom. The van der Waals surface area contributed by atoms with Crippen LogP contribution in [-0.2, 0) is 0 Å². The molecule has 3 N–H and O–H groups in total. The summed E-state index contributed by atoms with van der Waals surface area (Å²) in [5, 5.41) is 3.04. The summed E-state index contributed by atoms with van der Waals surface area (Å²) in [5.74, 6) is 6.43. The molecule has 0 amide bonds. The van der Waals surface area contributed by atoms with Gasteiger partial charge in [-0.05, 0) is 24.6 Å². The Bertz CT molecular complexity index is 498. The van der Waals surface area contributed by atoms with Gasteiger partial charge in [-0.1, -0.05) is 12.1 Å². The lowest BCUT2D eigenvalue weighted by molar-refractivity contribution is 0.413. The molecule has 1 aromatic carbocycles. The van der Waals surface area contributed by atoms with E-state index in [1.54, 1.807) is 18.4 Å². The van der Waals surface area contributed by atoms with E-state index < -0.39 is 0 Å². The van der Waals surface area contributed by atoms with E-state index in [-0.39, 0.29) is 6.04 Å². The zero-order valence-corrected chi connectivity index (χ0v) is 10.6. The summed E-state index contributed by atoms with van der Waals surface area (Å²) in [7, 11) is 1.65. The Labute approximate surface area is 104 Å². The second-order valence-electron chi connectivity index (χ2n) is 3.67. The summed E-state index contributed by atoms with van der Waals surface area (Å²) in [4.78, 5) is 4.45. The number of methoxy groups -OCH3 is 1. The summed E-state index contributed by atoms with van der Waals surface area (Å²) in [6.45, 7) is 1.98. The topological polar surface area (TPSA) is 60.2 Å². The number of nitrogens with one attached hydrogen (secondary N) is 1. The monoisotopic (exact) mass is 249 g/mol. The van der Waals surface area contributed by atoms with Crippen LogP contribution in [0.1, 0.15) is 22.3 Å². The van der Waals surface area contributed by atoms with Gasteiger partial charge in [-0.25, -0.2) is 10.4 Å². The minimum atomic E-state index is -0.102. The molecule has 2 aromatic rings. The van der Waals surface area contributed by atoms with Gasteiger partial charge in [0, 0.05) is 5.38 Å². The molecular weight excluding hydrogens is 234 g/mol. The first-order valence-corrected chi connectivity index (χ1v) is 6.14. The quantitative estimate of drug-likeness (QED) is 0.643. The zero-order chi connectivity index (χ0) is 12.3. The Balaban J connectivity index is 2.34. The molecule has 1 atom stereocenters. The number of thiazole rings is 1. The van der Waals surface area contributed by atoms with E-state index in [0.29, 0.717) is 0 Å². The van der Waals surface area contributed by atoms with E-state index in [1.807, 2.05) is 36.6 Å². The van der Waals surface area contributed by atoms with E-state index >= 15 is 0 Å². The van der Waals surface area contributed by atoms with Crippen LogP contribution < -0.4 is 16.0 Å². The molecule has 5 heteroatoms.